The van der Waals surface area contributed by atoms with Crippen LogP contribution in [0.1, 0.15) is 24.0 Å². The summed E-state index contributed by atoms with van der Waals surface area (Å²) in [5.74, 6) is 6.02. The Kier molecular flexibility index (Phi) is 3.90. The molecular weight excluding hydrogens is 319 g/mol. The molecule has 1 aliphatic carbocycles. The lowest BCUT2D eigenvalue weighted by molar-refractivity contribution is 0.418. The van der Waals surface area contributed by atoms with Crippen LogP contribution in [0.4, 0.5) is 10.4 Å². The van der Waals surface area contributed by atoms with Crippen LogP contribution >= 0.6 is 0 Å². The number of rotatable bonds is 3. The van der Waals surface area contributed by atoms with Crippen molar-refractivity contribution in [2.45, 2.75) is 18.9 Å². The second-order valence-corrected chi connectivity index (χ2v) is 5.94. The summed E-state index contributed by atoms with van der Waals surface area (Å²) in [6.45, 7) is 0. The number of benzene rings is 1. The Balaban J connectivity index is 1.50. The molecule has 0 saturated heterocycles. The molecule has 1 saturated carbocycles. The van der Waals surface area contributed by atoms with Gasteiger partial charge in [0.2, 0.25) is 5.82 Å². The van der Waals surface area contributed by atoms with Crippen LogP contribution in [0, 0.1) is 17.7 Å². The minimum atomic E-state index is -0.302. The van der Waals surface area contributed by atoms with Crippen molar-refractivity contribution in [3.8, 4) is 23.4 Å². The molecule has 6 heteroatoms. The molecule has 2 heterocycles. The number of aromatic nitrogens is 3. The summed E-state index contributed by atoms with van der Waals surface area (Å²) in [5, 5.41) is 3.98. The lowest BCUT2D eigenvalue weighted by Crippen LogP contribution is -2.19. The molecular formula is C19H15FN4O. The molecule has 3 aromatic rings. The fourth-order valence-corrected chi connectivity index (χ4v) is 2.39. The summed E-state index contributed by atoms with van der Waals surface area (Å²) in [6, 6.07) is 10.8. The highest BCUT2D eigenvalue weighted by Gasteiger charge is 2.29. The van der Waals surface area contributed by atoms with E-state index in [0.717, 1.165) is 18.4 Å². The minimum absolute atomic E-state index is 0.302. The van der Waals surface area contributed by atoms with Crippen molar-refractivity contribution in [3.63, 3.8) is 0 Å². The van der Waals surface area contributed by atoms with Crippen molar-refractivity contribution in [3.05, 3.63) is 59.5 Å². The standard InChI is InChI=1S/C19H15FN4O/c1-24(16-8-9-16)19-22-18(23-25-19)17-10-7-14(12-21-17)6-5-13-3-2-4-15(20)11-13/h2-4,7,10-12,16H,8-9H2,1H3. The lowest BCUT2D eigenvalue weighted by atomic mass is 10.2. The largest absolute Gasteiger partial charge is 0.324 e. The van der Waals surface area contributed by atoms with Gasteiger partial charge in [-0.3, -0.25) is 4.98 Å². The molecule has 1 fully saturated rings. The maximum Gasteiger partial charge on any atom is 0.324 e. The minimum Gasteiger partial charge on any atom is -0.324 e. The van der Waals surface area contributed by atoms with Gasteiger partial charge in [0, 0.05) is 30.4 Å². The molecule has 124 valence electrons. The van der Waals surface area contributed by atoms with E-state index in [0.29, 0.717) is 29.1 Å². The van der Waals surface area contributed by atoms with Gasteiger partial charge in [0.25, 0.3) is 0 Å². The summed E-state index contributed by atoms with van der Waals surface area (Å²) in [7, 11) is 1.95. The molecule has 1 aliphatic rings. The molecule has 0 aliphatic heterocycles. The third-order valence-corrected chi connectivity index (χ3v) is 3.98. The van der Waals surface area contributed by atoms with E-state index in [1.807, 2.05) is 18.0 Å². The zero-order chi connectivity index (χ0) is 17.2. The molecule has 25 heavy (non-hydrogen) atoms. The van der Waals surface area contributed by atoms with E-state index in [2.05, 4.69) is 27.0 Å². The Morgan fingerprint density at radius 2 is 2.00 bits per heavy atom. The second-order valence-electron chi connectivity index (χ2n) is 5.94. The Labute approximate surface area is 144 Å². The monoisotopic (exact) mass is 334 g/mol. The van der Waals surface area contributed by atoms with Crippen LogP contribution in [0.15, 0.2) is 47.1 Å². The van der Waals surface area contributed by atoms with Crippen LogP contribution in [-0.4, -0.2) is 28.2 Å². The first kappa shape index (κ1) is 15.3. The quantitative estimate of drug-likeness (QED) is 0.688. The summed E-state index contributed by atoms with van der Waals surface area (Å²) < 4.78 is 18.4. The normalized spacial score (nSPS) is 13.2. The maximum absolute atomic E-state index is 13.1. The van der Waals surface area contributed by atoms with E-state index >= 15 is 0 Å². The molecule has 5 nitrogen and oxygen atoms in total. The Morgan fingerprint density at radius 1 is 1.16 bits per heavy atom. The van der Waals surface area contributed by atoms with Gasteiger partial charge in [-0.2, -0.15) is 4.98 Å². The van der Waals surface area contributed by atoms with Gasteiger partial charge in [0.05, 0.1) is 0 Å². The molecule has 0 atom stereocenters. The van der Waals surface area contributed by atoms with Crippen LogP contribution in [0.2, 0.25) is 0 Å². The molecule has 0 bridgehead atoms. The topological polar surface area (TPSA) is 55.1 Å². The lowest BCUT2D eigenvalue weighted by Gasteiger charge is -2.10. The van der Waals surface area contributed by atoms with Crippen molar-refractivity contribution in [2.75, 3.05) is 11.9 Å². The second kappa shape index (κ2) is 6.36. The van der Waals surface area contributed by atoms with Gasteiger partial charge in [-0.05, 0) is 43.2 Å². The predicted molar refractivity (Wildman–Crippen MR) is 91.3 cm³/mol. The number of pyridine rings is 1. The van der Waals surface area contributed by atoms with Gasteiger partial charge in [0.1, 0.15) is 11.5 Å². The van der Waals surface area contributed by atoms with Crippen molar-refractivity contribution in [1.29, 1.82) is 0 Å². The number of anilines is 1. The molecule has 1 aromatic carbocycles. The number of hydrogen-bond acceptors (Lipinski definition) is 5. The molecule has 2 aromatic heterocycles. The van der Waals surface area contributed by atoms with Crippen LogP contribution in [0.3, 0.4) is 0 Å². The summed E-state index contributed by atoms with van der Waals surface area (Å²) in [6.07, 6.45) is 3.96. The van der Waals surface area contributed by atoms with Crippen LogP contribution in [0.5, 0.6) is 0 Å². The third kappa shape index (κ3) is 3.50. The zero-order valence-corrected chi connectivity index (χ0v) is 13.6. The van der Waals surface area contributed by atoms with Gasteiger partial charge < -0.3 is 9.42 Å². The highest BCUT2D eigenvalue weighted by Crippen LogP contribution is 2.29. The maximum atomic E-state index is 13.1. The number of nitrogens with zero attached hydrogens (tertiary/aromatic N) is 4. The summed E-state index contributed by atoms with van der Waals surface area (Å²) in [5.41, 5.74) is 1.97. The molecule has 0 amide bonds. The first-order valence-electron chi connectivity index (χ1n) is 7.99. The van der Waals surface area contributed by atoms with E-state index in [1.165, 1.54) is 12.1 Å². The first-order valence-corrected chi connectivity index (χ1v) is 7.99. The Hall–Kier alpha value is -3.20. The van der Waals surface area contributed by atoms with Crippen molar-refractivity contribution >= 4 is 6.01 Å². The van der Waals surface area contributed by atoms with Crippen molar-refractivity contribution in [2.24, 2.45) is 0 Å². The highest BCUT2D eigenvalue weighted by atomic mass is 19.1. The SMILES string of the molecule is CN(c1nc(-c2ccc(C#Cc3cccc(F)c3)cn2)no1)C1CC1. The summed E-state index contributed by atoms with van der Waals surface area (Å²) in [4.78, 5) is 10.7. The van der Waals surface area contributed by atoms with Gasteiger partial charge in [-0.1, -0.05) is 23.1 Å². The van der Waals surface area contributed by atoms with Gasteiger partial charge in [-0.15, -0.1) is 0 Å². The van der Waals surface area contributed by atoms with Crippen molar-refractivity contribution in [1.82, 2.24) is 15.1 Å². The fraction of sp³-hybridized carbons (Fsp3) is 0.211. The van der Waals surface area contributed by atoms with Crippen LogP contribution in [0.25, 0.3) is 11.5 Å². The zero-order valence-electron chi connectivity index (χ0n) is 13.6. The average Bonchev–Trinajstić information content (AvgIpc) is 3.37. The summed E-state index contributed by atoms with van der Waals surface area (Å²) >= 11 is 0. The molecule has 0 spiro atoms. The Morgan fingerprint density at radius 3 is 2.72 bits per heavy atom. The van der Waals surface area contributed by atoms with E-state index in [4.69, 9.17) is 4.52 Å². The highest BCUT2D eigenvalue weighted by molar-refractivity contribution is 5.52. The average molecular weight is 334 g/mol. The van der Waals surface area contributed by atoms with Crippen LogP contribution in [-0.2, 0) is 0 Å². The fourth-order valence-electron chi connectivity index (χ4n) is 2.39. The first-order chi connectivity index (χ1) is 12.2. The smallest absolute Gasteiger partial charge is 0.324 e. The molecule has 4 rings (SSSR count). The van der Waals surface area contributed by atoms with Gasteiger partial charge in [-0.25, -0.2) is 4.39 Å². The van der Waals surface area contributed by atoms with E-state index in [1.54, 1.807) is 24.4 Å². The Bertz CT molecular complexity index is 951. The van der Waals surface area contributed by atoms with Crippen LogP contribution < -0.4 is 4.90 Å². The molecule has 0 unspecified atom stereocenters. The van der Waals surface area contributed by atoms with Gasteiger partial charge in [0.15, 0.2) is 0 Å². The molecule has 0 radical (unpaired) electrons. The predicted octanol–water partition coefficient (Wildman–Crippen LogP) is 3.27. The van der Waals surface area contributed by atoms with E-state index < -0.39 is 0 Å². The third-order valence-electron chi connectivity index (χ3n) is 3.98. The van der Waals surface area contributed by atoms with Gasteiger partial charge >= 0.3 is 6.01 Å². The van der Waals surface area contributed by atoms with E-state index in [9.17, 15) is 4.39 Å². The van der Waals surface area contributed by atoms with E-state index in [-0.39, 0.29) is 5.82 Å². The number of halogens is 1. The van der Waals surface area contributed by atoms with Crippen molar-refractivity contribution < 1.29 is 8.91 Å². The number of hydrogen-bond donors (Lipinski definition) is 0. The molecule has 0 N–H and O–H groups in total.